The quantitative estimate of drug-likeness (QED) is 0.471. The molecule has 1 aromatic carbocycles. The summed E-state index contributed by atoms with van der Waals surface area (Å²) in [6.45, 7) is 3.91. The minimum absolute atomic E-state index is 0.187. The Kier molecular flexibility index (Phi) is 5.28. The Labute approximate surface area is 176 Å². The molecule has 0 aliphatic rings. The normalized spacial score (nSPS) is 10.7. The molecule has 3 aromatic heterocycles. The van der Waals surface area contributed by atoms with Crippen molar-refractivity contribution in [3.05, 3.63) is 75.2 Å². The maximum atomic E-state index is 12.2. The van der Waals surface area contributed by atoms with Gasteiger partial charge in [0.05, 0.1) is 14.9 Å². The average molecular weight is 425 g/mol. The van der Waals surface area contributed by atoms with E-state index in [4.69, 9.17) is 11.6 Å². The Morgan fingerprint density at radius 3 is 2.34 bits per heavy atom. The number of halogens is 1. The summed E-state index contributed by atoms with van der Waals surface area (Å²) in [6.07, 6.45) is 0. The molecule has 7 nitrogen and oxygen atoms in total. The molecule has 1 amide bonds. The molecule has 0 unspecified atom stereocenters. The van der Waals surface area contributed by atoms with Crippen LogP contribution in [0.15, 0.2) is 54.6 Å². The lowest BCUT2D eigenvalue weighted by Crippen LogP contribution is -2.09. The van der Waals surface area contributed by atoms with Gasteiger partial charge in [-0.2, -0.15) is 5.10 Å². The Hall–Kier alpha value is -3.23. The van der Waals surface area contributed by atoms with Gasteiger partial charge in [0.1, 0.15) is 0 Å². The number of thiophene rings is 1. The number of amides is 1. The van der Waals surface area contributed by atoms with Crippen molar-refractivity contribution in [3.8, 4) is 5.82 Å². The summed E-state index contributed by atoms with van der Waals surface area (Å²) < 4.78 is 2.34. The summed E-state index contributed by atoms with van der Waals surface area (Å²) in [6, 6.07) is 16.4. The fourth-order valence-corrected chi connectivity index (χ4v) is 3.72. The Balaban J connectivity index is 1.41. The Morgan fingerprint density at radius 1 is 1.00 bits per heavy atom. The highest BCUT2D eigenvalue weighted by molar-refractivity contribution is 7.18. The first kappa shape index (κ1) is 19.1. The number of aryl methyl sites for hydroxylation is 2. The predicted octanol–water partition coefficient (Wildman–Crippen LogP) is 4.99. The number of nitrogens with one attached hydrogen (secondary N) is 2. The third-order valence-electron chi connectivity index (χ3n) is 4.09. The second kappa shape index (κ2) is 8.02. The van der Waals surface area contributed by atoms with Crippen molar-refractivity contribution < 1.29 is 4.79 Å². The highest BCUT2D eigenvalue weighted by Crippen LogP contribution is 2.23. The largest absolute Gasteiger partial charge is 0.339 e. The van der Waals surface area contributed by atoms with Crippen LogP contribution in [0.25, 0.3) is 5.82 Å². The number of aromatic nitrogens is 4. The van der Waals surface area contributed by atoms with Crippen molar-refractivity contribution in [2.45, 2.75) is 13.8 Å². The van der Waals surface area contributed by atoms with Crippen LogP contribution in [-0.4, -0.2) is 25.9 Å². The van der Waals surface area contributed by atoms with E-state index in [9.17, 15) is 4.79 Å². The summed E-state index contributed by atoms with van der Waals surface area (Å²) in [7, 11) is 0. The zero-order valence-corrected chi connectivity index (χ0v) is 17.3. The minimum Gasteiger partial charge on any atom is -0.339 e. The zero-order valence-electron chi connectivity index (χ0n) is 15.7. The fraction of sp³-hybridized carbons (Fsp3) is 0.100. The molecular weight excluding hydrogens is 408 g/mol. The molecule has 0 fully saturated rings. The van der Waals surface area contributed by atoms with E-state index in [0.717, 1.165) is 17.1 Å². The van der Waals surface area contributed by atoms with Gasteiger partial charge in [0, 0.05) is 17.1 Å². The topological polar surface area (TPSA) is 84.7 Å². The third-order valence-corrected chi connectivity index (χ3v) is 5.32. The molecule has 0 bridgehead atoms. The number of benzene rings is 1. The van der Waals surface area contributed by atoms with Crippen LogP contribution in [0.5, 0.6) is 0 Å². The molecule has 146 valence electrons. The minimum atomic E-state index is -0.187. The van der Waals surface area contributed by atoms with Crippen LogP contribution in [0.4, 0.5) is 17.2 Å². The van der Waals surface area contributed by atoms with E-state index in [-0.39, 0.29) is 5.91 Å². The summed E-state index contributed by atoms with van der Waals surface area (Å²) in [4.78, 5) is 12.7. The molecule has 2 N–H and O–H groups in total. The average Bonchev–Trinajstić information content (AvgIpc) is 3.29. The van der Waals surface area contributed by atoms with Crippen LogP contribution in [-0.2, 0) is 0 Å². The van der Waals surface area contributed by atoms with E-state index in [1.807, 2.05) is 56.3 Å². The summed E-state index contributed by atoms with van der Waals surface area (Å²) >= 11 is 7.11. The molecule has 29 heavy (non-hydrogen) atoms. The standard InChI is InChI=1S/C20H17ClN6OS/c1-12-11-13(2)27(26-12)19-10-9-18(24-25-19)22-14-3-5-15(6-4-14)23-20(28)16-7-8-17(21)29-16/h3-11H,1-2H3,(H,22,24)(H,23,28). The number of hydrogen-bond acceptors (Lipinski definition) is 6. The summed E-state index contributed by atoms with van der Waals surface area (Å²) in [5.74, 6) is 1.08. The van der Waals surface area contributed by atoms with Gasteiger partial charge in [-0.15, -0.1) is 21.5 Å². The number of carbonyl (C=O) groups is 1. The molecule has 3 heterocycles. The molecule has 0 atom stereocenters. The van der Waals surface area contributed by atoms with Crippen LogP contribution in [0.1, 0.15) is 21.1 Å². The molecular formula is C20H17ClN6OS. The first-order valence-electron chi connectivity index (χ1n) is 8.79. The Morgan fingerprint density at radius 2 is 1.76 bits per heavy atom. The van der Waals surface area contributed by atoms with Crippen LogP contribution in [0, 0.1) is 13.8 Å². The second-order valence-corrected chi connectivity index (χ2v) is 8.09. The zero-order chi connectivity index (χ0) is 20.4. The van der Waals surface area contributed by atoms with E-state index >= 15 is 0 Å². The van der Waals surface area contributed by atoms with E-state index in [2.05, 4.69) is 25.9 Å². The van der Waals surface area contributed by atoms with Gasteiger partial charge in [0.25, 0.3) is 5.91 Å². The molecule has 9 heteroatoms. The van der Waals surface area contributed by atoms with Gasteiger partial charge in [0.2, 0.25) is 0 Å². The van der Waals surface area contributed by atoms with E-state index in [1.54, 1.807) is 16.8 Å². The van der Waals surface area contributed by atoms with Gasteiger partial charge in [-0.25, -0.2) is 4.68 Å². The molecule has 0 spiro atoms. The lowest BCUT2D eigenvalue weighted by molar-refractivity contribution is 0.103. The van der Waals surface area contributed by atoms with Crippen molar-refractivity contribution >= 4 is 46.0 Å². The van der Waals surface area contributed by atoms with Crippen molar-refractivity contribution in [1.29, 1.82) is 0 Å². The maximum Gasteiger partial charge on any atom is 0.265 e. The van der Waals surface area contributed by atoms with Crippen LogP contribution < -0.4 is 10.6 Å². The number of anilines is 3. The number of hydrogen-bond donors (Lipinski definition) is 2. The SMILES string of the molecule is Cc1cc(C)n(-c2ccc(Nc3ccc(NC(=O)c4ccc(Cl)s4)cc3)nn2)n1. The van der Waals surface area contributed by atoms with Gasteiger partial charge < -0.3 is 10.6 Å². The van der Waals surface area contributed by atoms with Crippen molar-refractivity contribution in [2.24, 2.45) is 0 Å². The van der Waals surface area contributed by atoms with Crippen molar-refractivity contribution in [3.63, 3.8) is 0 Å². The molecule has 0 saturated heterocycles. The van der Waals surface area contributed by atoms with Gasteiger partial charge in [-0.05, 0) is 68.4 Å². The van der Waals surface area contributed by atoms with Crippen LogP contribution in [0.3, 0.4) is 0 Å². The predicted molar refractivity (Wildman–Crippen MR) is 116 cm³/mol. The third kappa shape index (κ3) is 4.44. The number of carbonyl (C=O) groups excluding carboxylic acids is 1. The lowest BCUT2D eigenvalue weighted by Gasteiger charge is -2.08. The van der Waals surface area contributed by atoms with Crippen LogP contribution in [0.2, 0.25) is 4.34 Å². The van der Waals surface area contributed by atoms with Gasteiger partial charge in [-0.1, -0.05) is 11.6 Å². The first-order valence-corrected chi connectivity index (χ1v) is 9.98. The lowest BCUT2D eigenvalue weighted by atomic mass is 10.2. The fourth-order valence-electron chi connectivity index (χ4n) is 2.78. The van der Waals surface area contributed by atoms with E-state index in [0.29, 0.717) is 26.5 Å². The molecule has 0 radical (unpaired) electrons. The second-order valence-electron chi connectivity index (χ2n) is 6.38. The smallest absolute Gasteiger partial charge is 0.265 e. The number of nitrogens with zero attached hydrogens (tertiary/aromatic N) is 4. The molecule has 0 saturated carbocycles. The highest BCUT2D eigenvalue weighted by atomic mass is 35.5. The molecule has 4 rings (SSSR count). The van der Waals surface area contributed by atoms with Crippen LogP contribution >= 0.6 is 22.9 Å². The van der Waals surface area contributed by atoms with Gasteiger partial charge in [-0.3, -0.25) is 4.79 Å². The Bertz CT molecular complexity index is 1150. The van der Waals surface area contributed by atoms with Crippen molar-refractivity contribution in [2.75, 3.05) is 10.6 Å². The monoisotopic (exact) mass is 424 g/mol. The highest BCUT2D eigenvalue weighted by Gasteiger charge is 2.09. The molecule has 4 aromatic rings. The van der Waals surface area contributed by atoms with Gasteiger partial charge >= 0.3 is 0 Å². The van der Waals surface area contributed by atoms with Gasteiger partial charge in [0.15, 0.2) is 11.6 Å². The summed E-state index contributed by atoms with van der Waals surface area (Å²) in [5, 5.41) is 18.9. The van der Waals surface area contributed by atoms with E-state index < -0.39 is 0 Å². The first-order chi connectivity index (χ1) is 14.0. The summed E-state index contributed by atoms with van der Waals surface area (Å²) in [5.41, 5.74) is 3.45. The molecule has 0 aliphatic heterocycles. The maximum absolute atomic E-state index is 12.2. The van der Waals surface area contributed by atoms with E-state index in [1.165, 1.54) is 11.3 Å². The molecule has 0 aliphatic carbocycles. The number of rotatable bonds is 5. The van der Waals surface area contributed by atoms with Crippen molar-refractivity contribution in [1.82, 2.24) is 20.0 Å².